The molecule has 0 amide bonds. The molecule has 2 aromatic rings. The van der Waals surface area contributed by atoms with E-state index in [1.165, 1.54) is 36.1 Å². The summed E-state index contributed by atoms with van der Waals surface area (Å²) in [6, 6.07) is 5.96. The molecule has 24 heavy (non-hydrogen) atoms. The number of methoxy groups -OCH3 is 1. The molecule has 0 spiro atoms. The van der Waals surface area contributed by atoms with Crippen molar-refractivity contribution in [2.24, 2.45) is 0 Å². The second kappa shape index (κ2) is 6.70. The van der Waals surface area contributed by atoms with Gasteiger partial charge in [0, 0.05) is 18.3 Å². The van der Waals surface area contributed by atoms with Crippen LogP contribution in [0, 0.1) is 21.4 Å². The quantitative estimate of drug-likeness (QED) is 0.503. The summed E-state index contributed by atoms with van der Waals surface area (Å²) >= 11 is 0. The molecule has 9 heteroatoms. The third kappa shape index (κ3) is 2.85. The van der Waals surface area contributed by atoms with Gasteiger partial charge < -0.3 is 19.8 Å². The summed E-state index contributed by atoms with van der Waals surface area (Å²) in [4.78, 5) is 22.5. The van der Waals surface area contributed by atoms with Crippen molar-refractivity contribution in [3.8, 4) is 17.5 Å². The number of nitro groups is 1. The van der Waals surface area contributed by atoms with Crippen LogP contribution < -0.4 is 10.5 Å². The first-order chi connectivity index (χ1) is 11.4. The van der Waals surface area contributed by atoms with Gasteiger partial charge in [-0.1, -0.05) is 0 Å². The van der Waals surface area contributed by atoms with E-state index in [4.69, 9.17) is 15.7 Å². The van der Waals surface area contributed by atoms with Gasteiger partial charge in [0.2, 0.25) is 0 Å². The SMILES string of the molecule is CCOc1cc(-n2cc(C#N)c(N)c2C(=O)OC)ccc1[N+](=O)[O-]. The Morgan fingerprint density at radius 2 is 2.21 bits per heavy atom. The first-order valence-corrected chi connectivity index (χ1v) is 6.85. The lowest BCUT2D eigenvalue weighted by Gasteiger charge is -2.11. The third-order valence-corrected chi connectivity index (χ3v) is 3.26. The third-order valence-electron chi connectivity index (χ3n) is 3.26. The molecule has 1 aromatic heterocycles. The van der Waals surface area contributed by atoms with Crippen molar-refractivity contribution < 1.29 is 19.2 Å². The second-order valence-corrected chi connectivity index (χ2v) is 4.62. The van der Waals surface area contributed by atoms with E-state index in [1.807, 2.05) is 6.07 Å². The highest BCUT2D eigenvalue weighted by molar-refractivity contribution is 5.96. The van der Waals surface area contributed by atoms with Crippen molar-refractivity contribution in [2.45, 2.75) is 6.92 Å². The fourth-order valence-corrected chi connectivity index (χ4v) is 2.19. The topological polar surface area (TPSA) is 133 Å². The molecule has 2 N–H and O–H groups in total. The van der Waals surface area contributed by atoms with Gasteiger partial charge in [-0.2, -0.15) is 5.26 Å². The molecule has 1 aromatic carbocycles. The number of aromatic nitrogens is 1. The van der Waals surface area contributed by atoms with Gasteiger partial charge in [0.15, 0.2) is 11.4 Å². The lowest BCUT2D eigenvalue weighted by atomic mass is 10.2. The van der Waals surface area contributed by atoms with Gasteiger partial charge in [0.25, 0.3) is 0 Å². The van der Waals surface area contributed by atoms with Crippen LogP contribution in [-0.4, -0.2) is 29.2 Å². The summed E-state index contributed by atoms with van der Waals surface area (Å²) in [5.74, 6) is -0.688. The molecule has 0 fully saturated rings. The number of nitrogens with two attached hydrogens (primary N) is 1. The van der Waals surface area contributed by atoms with E-state index < -0.39 is 10.9 Å². The number of ether oxygens (including phenoxy) is 2. The minimum atomic E-state index is -0.731. The molecular weight excluding hydrogens is 316 g/mol. The number of nitro benzene ring substituents is 1. The molecule has 1 heterocycles. The number of nitriles is 1. The largest absolute Gasteiger partial charge is 0.487 e. The number of carbonyl (C=O) groups is 1. The lowest BCUT2D eigenvalue weighted by molar-refractivity contribution is -0.385. The van der Waals surface area contributed by atoms with Gasteiger partial charge in [-0.15, -0.1) is 0 Å². The number of esters is 1. The van der Waals surface area contributed by atoms with Crippen LogP contribution in [0.5, 0.6) is 5.75 Å². The summed E-state index contributed by atoms with van der Waals surface area (Å²) in [6.07, 6.45) is 1.36. The molecule has 2 rings (SSSR count). The average Bonchev–Trinajstić information content (AvgIpc) is 2.90. The number of benzene rings is 1. The Balaban J connectivity index is 2.68. The summed E-state index contributed by atoms with van der Waals surface area (Å²) in [7, 11) is 1.19. The maximum absolute atomic E-state index is 12.0. The van der Waals surface area contributed by atoms with Crippen molar-refractivity contribution in [1.82, 2.24) is 4.57 Å². The van der Waals surface area contributed by atoms with Gasteiger partial charge in [-0.05, 0) is 13.0 Å². The van der Waals surface area contributed by atoms with Crippen molar-refractivity contribution >= 4 is 17.3 Å². The average molecular weight is 330 g/mol. The maximum atomic E-state index is 12.0. The summed E-state index contributed by atoms with van der Waals surface area (Å²) in [6.45, 7) is 1.92. The molecule has 0 aliphatic carbocycles. The van der Waals surface area contributed by atoms with E-state index in [2.05, 4.69) is 4.74 Å². The summed E-state index contributed by atoms with van der Waals surface area (Å²) in [5, 5.41) is 20.2. The van der Waals surface area contributed by atoms with Gasteiger partial charge in [0.05, 0.1) is 35.6 Å². The number of nitrogens with zero attached hydrogens (tertiary/aromatic N) is 3. The maximum Gasteiger partial charge on any atom is 0.357 e. The number of anilines is 1. The van der Waals surface area contributed by atoms with Crippen LogP contribution in [0.1, 0.15) is 23.0 Å². The molecule has 0 bridgehead atoms. The Kier molecular flexibility index (Phi) is 4.70. The van der Waals surface area contributed by atoms with Crippen LogP contribution in [0.15, 0.2) is 24.4 Å². The zero-order chi connectivity index (χ0) is 17.9. The summed E-state index contributed by atoms with van der Waals surface area (Å²) < 4.78 is 11.3. The number of nitrogen functional groups attached to an aromatic ring is 1. The molecule has 0 saturated carbocycles. The normalized spacial score (nSPS) is 10.0. The molecular formula is C15H14N4O5. The van der Waals surface area contributed by atoms with Crippen molar-refractivity contribution in [3.63, 3.8) is 0 Å². The lowest BCUT2D eigenvalue weighted by Crippen LogP contribution is -2.11. The van der Waals surface area contributed by atoms with Gasteiger partial charge in [0.1, 0.15) is 6.07 Å². The Morgan fingerprint density at radius 1 is 1.50 bits per heavy atom. The van der Waals surface area contributed by atoms with Crippen LogP contribution in [0.4, 0.5) is 11.4 Å². The Morgan fingerprint density at radius 3 is 2.75 bits per heavy atom. The van der Waals surface area contributed by atoms with E-state index in [0.717, 1.165) is 0 Å². The highest BCUT2D eigenvalue weighted by Gasteiger charge is 2.23. The summed E-state index contributed by atoms with van der Waals surface area (Å²) in [5.41, 5.74) is 6.01. The zero-order valence-electron chi connectivity index (χ0n) is 13.0. The number of hydrogen-bond acceptors (Lipinski definition) is 7. The zero-order valence-corrected chi connectivity index (χ0v) is 13.0. The molecule has 0 aliphatic heterocycles. The minimum absolute atomic E-state index is 0.0272. The van der Waals surface area contributed by atoms with Gasteiger partial charge >= 0.3 is 11.7 Å². The van der Waals surface area contributed by atoms with E-state index in [0.29, 0.717) is 5.69 Å². The molecule has 0 radical (unpaired) electrons. The van der Waals surface area contributed by atoms with Crippen molar-refractivity contribution in [3.05, 3.63) is 45.8 Å². The first kappa shape index (κ1) is 16.8. The minimum Gasteiger partial charge on any atom is -0.487 e. The predicted octanol–water partition coefficient (Wildman–Crippen LogP) is 2.02. The fourth-order valence-electron chi connectivity index (χ4n) is 2.19. The van der Waals surface area contributed by atoms with Gasteiger partial charge in [-0.25, -0.2) is 4.79 Å². The molecule has 0 unspecified atom stereocenters. The highest BCUT2D eigenvalue weighted by Crippen LogP contribution is 2.32. The highest BCUT2D eigenvalue weighted by atomic mass is 16.6. The molecule has 0 atom stereocenters. The van der Waals surface area contributed by atoms with E-state index in [-0.39, 0.29) is 35.0 Å². The van der Waals surface area contributed by atoms with Crippen LogP contribution in [0.25, 0.3) is 5.69 Å². The Labute approximate surface area is 137 Å². The Hall–Kier alpha value is -3.54. The smallest absolute Gasteiger partial charge is 0.357 e. The Bertz CT molecular complexity index is 850. The van der Waals surface area contributed by atoms with Crippen LogP contribution in [-0.2, 0) is 4.74 Å². The second-order valence-electron chi connectivity index (χ2n) is 4.62. The number of carbonyl (C=O) groups excluding carboxylic acids is 1. The van der Waals surface area contributed by atoms with Crippen LogP contribution in [0.3, 0.4) is 0 Å². The first-order valence-electron chi connectivity index (χ1n) is 6.85. The van der Waals surface area contributed by atoms with Crippen LogP contribution in [0.2, 0.25) is 0 Å². The molecule has 9 nitrogen and oxygen atoms in total. The predicted molar refractivity (Wildman–Crippen MR) is 84.1 cm³/mol. The van der Waals surface area contributed by atoms with E-state index in [1.54, 1.807) is 6.92 Å². The van der Waals surface area contributed by atoms with E-state index in [9.17, 15) is 14.9 Å². The fraction of sp³-hybridized carbons (Fsp3) is 0.200. The monoisotopic (exact) mass is 330 g/mol. The van der Waals surface area contributed by atoms with Gasteiger partial charge in [-0.3, -0.25) is 10.1 Å². The number of rotatable bonds is 5. The molecule has 0 aliphatic rings. The van der Waals surface area contributed by atoms with Crippen molar-refractivity contribution in [1.29, 1.82) is 5.26 Å². The van der Waals surface area contributed by atoms with E-state index >= 15 is 0 Å². The molecule has 124 valence electrons. The standard InChI is InChI=1S/C15H14N4O5/c1-3-24-12-6-10(4-5-11(12)19(21)22)18-8-9(7-16)13(17)14(18)15(20)23-2/h4-6,8H,3,17H2,1-2H3. The molecule has 0 saturated heterocycles. The van der Waals surface area contributed by atoms with Crippen molar-refractivity contribution in [2.75, 3.05) is 19.5 Å². The van der Waals surface area contributed by atoms with Crippen LogP contribution >= 0.6 is 0 Å². The number of hydrogen-bond donors (Lipinski definition) is 1.